The first-order valence-electron chi connectivity index (χ1n) is 5.64. The first-order chi connectivity index (χ1) is 9.42. The Balaban J connectivity index is 2.31. The molecule has 0 bridgehead atoms. The van der Waals surface area contributed by atoms with Crippen LogP contribution in [-0.2, 0) is 10.0 Å². The molecule has 20 heavy (non-hydrogen) atoms. The quantitative estimate of drug-likeness (QED) is 0.848. The van der Waals surface area contributed by atoms with Gasteiger partial charge in [-0.25, -0.2) is 12.8 Å². The molecular formula is C13H13FN2O3S. The van der Waals surface area contributed by atoms with Crippen LogP contribution in [0.3, 0.4) is 0 Å². The lowest BCUT2D eigenvalue weighted by Crippen LogP contribution is -2.13. The molecule has 0 aromatic heterocycles. The molecule has 0 saturated heterocycles. The molecule has 2 aromatic carbocycles. The molecule has 7 heteroatoms. The molecule has 3 N–H and O–H groups in total. The third-order valence-electron chi connectivity index (χ3n) is 2.57. The Bertz CT molecular complexity index is 732. The third kappa shape index (κ3) is 3.00. The standard InChI is InChI=1S/C13H13FN2O3S/c1-19-13-6-5-10(8-12(13)14)16-20(17,18)11-4-2-3-9(15)7-11/h2-8,16H,15H2,1H3. The van der Waals surface area contributed by atoms with Gasteiger partial charge in [0.25, 0.3) is 10.0 Å². The second kappa shape index (κ2) is 5.38. The molecule has 0 heterocycles. The number of halogens is 1. The van der Waals surface area contributed by atoms with E-state index in [1.807, 2.05) is 0 Å². The van der Waals surface area contributed by atoms with E-state index in [0.29, 0.717) is 5.69 Å². The summed E-state index contributed by atoms with van der Waals surface area (Å²) in [6, 6.07) is 9.62. The second-order valence-corrected chi connectivity index (χ2v) is 5.71. The van der Waals surface area contributed by atoms with E-state index in [-0.39, 0.29) is 16.3 Å². The average Bonchev–Trinajstić information content (AvgIpc) is 2.38. The van der Waals surface area contributed by atoms with Gasteiger partial charge >= 0.3 is 0 Å². The van der Waals surface area contributed by atoms with Gasteiger partial charge in [0, 0.05) is 11.8 Å². The number of methoxy groups -OCH3 is 1. The van der Waals surface area contributed by atoms with Gasteiger partial charge in [-0.2, -0.15) is 0 Å². The first-order valence-corrected chi connectivity index (χ1v) is 7.12. The smallest absolute Gasteiger partial charge is 0.261 e. The van der Waals surface area contributed by atoms with Crippen molar-refractivity contribution in [2.45, 2.75) is 4.90 Å². The molecule has 2 rings (SSSR count). The fourth-order valence-electron chi connectivity index (χ4n) is 1.63. The van der Waals surface area contributed by atoms with Crippen LogP contribution in [-0.4, -0.2) is 15.5 Å². The fourth-order valence-corrected chi connectivity index (χ4v) is 2.73. The van der Waals surface area contributed by atoms with Gasteiger partial charge in [0.15, 0.2) is 11.6 Å². The molecule has 106 valence electrons. The molecule has 0 unspecified atom stereocenters. The molecule has 0 atom stereocenters. The van der Waals surface area contributed by atoms with E-state index in [2.05, 4.69) is 4.72 Å². The predicted octanol–water partition coefficient (Wildman–Crippen LogP) is 2.22. The predicted molar refractivity (Wildman–Crippen MR) is 74.6 cm³/mol. The molecule has 0 amide bonds. The minimum atomic E-state index is -3.81. The number of nitrogen functional groups attached to an aromatic ring is 1. The lowest BCUT2D eigenvalue weighted by Gasteiger charge is -2.09. The van der Waals surface area contributed by atoms with Crippen molar-refractivity contribution in [2.75, 3.05) is 17.6 Å². The van der Waals surface area contributed by atoms with Crippen LogP contribution >= 0.6 is 0 Å². The van der Waals surface area contributed by atoms with Crippen molar-refractivity contribution in [2.24, 2.45) is 0 Å². The van der Waals surface area contributed by atoms with Crippen LogP contribution in [0.2, 0.25) is 0 Å². The Labute approximate surface area is 116 Å². The summed E-state index contributed by atoms with van der Waals surface area (Å²) in [7, 11) is -2.48. The van der Waals surface area contributed by atoms with Gasteiger partial charge in [0.1, 0.15) is 0 Å². The van der Waals surface area contributed by atoms with E-state index < -0.39 is 15.8 Å². The zero-order chi connectivity index (χ0) is 14.8. The molecule has 0 spiro atoms. The number of benzene rings is 2. The van der Waals surface area contributed by atoms with Crippen molar-refractivity contribution < 1.29 is 17.5 Å². The summed E-state index contributed by atoms with van der Waals surface area (Å²) in [4.78, 5) is 0.00808. The number of hydrogen-bond acceptors (Lipinski definition) is 4. The highest BCUT2D eigenvalue weighted by Crippen LogP contribution is 2.23. The van der Waals surface area contributed by atoms with Gasteiger partial charge in [-0.3, -0.25) is 4.72 Å². The molecule has 0 fully saturated rings. The van der Waals surface area contributed by atoms with Crippen molar-refractivity contribution >= 4 is 21.4 Å². The van der Waals surface area contributed by atoms with Crippen LogP contribution in [0.15, 0.2) is 47.4 Å². The monoisotopic (exact) mass is 296 g/mol. The SMILES string of the molecule is COc1ccc(NS(=O)(=O)c2cccc(N)c2)cc1F. The molecule has 0 aliphatic carbocycles. The Kier molecular flexibility index (Phi) is 3.80. The van der Waals surface area contributed by atoms with Crippen molar-refractivity contribution in [1.82, 2.24) is 0 Å². The zero-order valence-corrected chi connectivity index (χ0v) is 11.4. The van der Waals surface area contributed by atoms with E-state index in [1.165, 1.54) is 37.4 Å². The Morgan fingerprint density at radius 3 is 2.55 bits per heavy atom. The van der Waals surface area contributed by atoms with Crippen LogP contribution in [0.25, 0.3) is 0 Å². The lowest BCUT2D eigenvalue weighted by molar-refractivity contribution is 0.386. The summed E-state index contributed by atoms with van der Waals surface area (Å²) in [5.41, 5.74) is 5.97. The van der Waals surface area contributed by atoms with Crippen molar-refractivity contribution in [3.8, 4) is 5.75 Å². The van der Waals surface area contributed by atoms with E-state index >= 15 is 0 Å². The maximum absolute atomic E-state index is 13.5. The van der Waals surface area contributed by atoms with Crippen LogP contribution in [0.1, 0.15) is 0 Å². The highest BCUT2D eigenvalue weighted by molar-refractivity contribution is 7.92. The maximum Gasteiger partial charge on any atom is 0.261 e. The number of anilines is 2. The van der Waals surface area contributed by atoms with Crippen LogP contribution in [0.5, 0.6) is 5.75 Å². The third-order valence-corrected chi connectivity index (χ3v) is 3.95. The fraction of sp³-hybridized carbons (Fsp3) is 0.0769. The minimum Gasteiger partial charge on any atom is -0.494 e. The molecule has 0 aliphatic rings. The molecule has 2 aromatic rings. The summed E-state index contributed by atoms with van der Waals surface area (Å²) in [6.07, 6.45) is 0. The zero-order valence-electron chi connectivity index (χ0n) is 10.6. The van der Waals surface area contributed by atoms with Gasteiger partial charge in [0.2, 0.25) is 0 Å². The highest BCUT2D eigenvalue weighted by atomic mass is 32.2. The molecule has 5 nitrogen and oxygen atoms in total. The van der Waals surface area contributed by atoms with Gasteiger partial charge in [-0.1, -0.05) is 6.07 Å². The van der Waals surface area contributed by atoms with E-state index in [9.17, 15) is 12.8 Å². The Morgan fingerprint density at radius 2 is 1.95 bits per heavy atom. The van der Waals surface area contributed by atoms with Crippen molar-refractivity contribution in [1.29, 1.82) is 0 Å². The van der Waals surface area contributed by atoms with Gasteiger partial charge in [-0.15, -0.1) is 0 Å². The average molecular weight is 296 g/mol. The highest BCUT2D eigenvalue weighted by Gasteiger charge is 2.15. The summed E-state index contributed by atoms with van der Waals surface area (Å²) in [5.74, 6) is -0.614. The van der Waals surface area contributed by atoms with Gasteiger partial charge in [0.05, 0.1) is 17.7 Å². The van der Waals surface area contributed by atoms with Crippen LogP contribution in [0.4, 0.5) is 15.8 Å². The number of ether oxygens (including phenoxy) is 1. The van der Waals surface area contributed by atoms with Crippen LogP contribution in [0, 0.1) is 5.82 Å². The number of nitrogens with two attached hydrogens (primary N) is 1. The number of rotatable bonds is 4. The molecule has 0 saturated carbocycles. The largest absolute Gasteiger partial charge is 0.494 e. The summed E-state index contributed by atoms with van der Waals surface area (Å²) in [5, 5.41) is 0. The van der Waals surface area contributed by atoms with Gasteiger partial charge < -0.3 is 10.5 Å². The summed E-state index contributed by atoms with van der Waals surface area (Å²) < 4.78 is 44.7. The number of nitrogens with one attached hydrogen (secondary N) is 1. The first kappa shape index (κ1) is 14.1. The molecule has 0 radical (unpaired) electrons. The van der Waals surface area contributed by atoms with Crippen molar-refractivity contribution in [3.63, 3.8) is 0 Å². The van der Waals surface area contributed by atoms with E-state index in [4.69, 9.17) is 10.5 Å². The molecular weight excluding hydrogens is 283 g/mol. The maximum atomic E-state index is 13.5. The van der Waals surface area contributed by atoms with Crippen molar-refractivity contribution in [3.05, 3.63) is 48.3 Å². The topological polar surface area (TPSA) is 81.4 Å². The Morgan fingerprint density at radius 1 is 1.20 bits per heavy atom. The minimum absolute atomic E-state index is 0.00808. The Hall–Kier alpha value is -2.28. The normalized spacial score (nSPS) is 11.1. The summed E-state index contributed by atoms with van der Waals surface area (Å²) in [6.45, 7) is 0. The number of sulfonamides is 1. The van der Waals surface area contributed by atoms with E-state index in [0.717, 1.165) is 6.07 Å². The van der Waals surface area contributed by atoms with E-state index in [1.54, 1.807) is 6.07 Å². The number of hydrogen-bond donors (Lipinski definition) is 2. The lowest BCUT2D eigenvalue weighted by atomic mass is 10.3. The molecule has 0 aliphatic heterocycles. The summed E-state index contributed by atoms with van der Waals surface area (Å²) >= 11 is 0. The second-order valence-electron chi connectivity index (χ2n) is 4.03. The van der Waals surface area contributed by atoms with Crippen LogP contribution < -0.4 is 15.2 Å². The van der Waals surface area contributed by atoms with Gasteiger partial charge in [-0.05, 0) is 30.3 Å².